The van der Waals surface area contributed by atoms with Crippen LogP contribution in [0.1, 0.15) is 20.8 Å². The van der Waals surface area contributed by atoms with Gasteiger partial charge in [0.1, 0.15) is 5.75 Å². The van der Waals surface area contributed by atoms with Gasteiger partial charge in [-0.1, -0.05) is 20.8 Å². The molecule has 0 spiro atoms. The first-order chi connectivity index (χ1) is 14.0. The largest absolute Gasteiger partial charge is 0.497 e. The zero-order valence-electron chi connectivity index (χ0n) is 19.7. The van der Waals surface area contributed by atoms with Crippen LogP contribution in [0.15, 0.2) is 24.3 Å². The van der Waals surface area contributed by atoms with Gasteiger partial charge in [-0.15, -0.1) is 0 Å². The number of benzene rings is 1. The highest BCUT2D eigenvalue weighted by Gasteiger charge is 2.45. The average molecular weight is 439 g/mol. The highest BCUT2D eigenvalue weighted by atomic mass is 28.4. The molecule has 1 heterocycles. The number of carbonyl (C=O) groups is 1. The zero-order chi connectivity index (χ0) is 22.5. The van der Waals surface area contributed by atoms with E-state index in [1.807, 2.05) is 24.3 Å². The molecule has 3 atom stereocenters. The number of piperidine rings is 1. The normalized spacial score (nSPS) is 23.1. The first-order valence-electron chi connectivity index (χ1n) is 10.4. The molecule has 0 radical (unpaired) electrons. The van der Waals surface area contributed by atoms with Gasteiger partial charge in [-0.3, -0.25) is 9.69 Å². The molecular weight excluding hydrogens is 400 g/mol. The summed E-state index contributed by atoms with van der Waals surface area (Å²) in [6.07, 6.45) is -0.267. The van der Waals surface area contributed by atoms with Gasteiger partial charge in [-0.25, -0.2) is 0 Å². The van der Waals surface area contributed by atoms with Crippen LogP contribution in [-0.4, -0.2) is 78.4 Å². The van der Waals surface area contributed by atoms with Crippen molar-refractivity contribution < 1.29 is 23.4 Å². The molecule has 7 nitrogen and oxygen atoms in total. The number of likely N-dealkylation sites (tertiary alicyclic amines) is 1. The standard InChI is InChI=1S/C22H38N2O5Si/c1-22(2,3)30(7,8)29-19-14-24(15-20(25)28-6)13-18(27-5)21(19)23-16-9-11-17(26-4)12-10-16/h9-12,18-19,21,23H,13-15H2,1-8H3/t18-,19+,21+/m0/s1. The molecule has 170 valence electrons. The van der Waals surface area contributed by atoms with Crippen molar-refractivity contribution in [1.29, 1.82) is 0 Å². The second kappa shape index (κ2) is 10.1. The second-order valence-electron chi connectivity index (χ2n) is 9.36. The maximum atomic E-state index is 11.9. The van der Waals surface area contributed by atoms with Crippen molar-refractivity contribution in [1.82, 2.24) is 4.90 Å². The molecule has 0 unspecified atom stereocenters. The third-order valence-electron chi connectivity index (χ3n) is 6.24. The minimum absolute atomic E-state index is 0.0496. The minimum Gasteiger partial charge on any atom is -0.497 e. The van der Waals surface area contributed by atoms with Crippen LogP contribution in [0.5, 0.6) is 5.75 Å². The lowest BCUT2D eigenvalue weighted by Crippen LogP contribution is -2.63. The van der Waals surface area contributed by atoms with Gasteiger partial charge in [0.2, 0.25) is 0 Å². The molecular formula is C22H38N2O5Si. The Hall–Kier alpha value is -1.61. The molecule has 1 aromatic rings. The van der Waals surface area contributed by atoms with E-state index in [1.165, 1.54) is 7.11 Å². The van der Waals surface area contributed by atoms with E-state index in [-0.39, 0.29) is 35.8 Å². The van der Waals surface area contributed by atoms with Crippen molar-refractivity contribution in [3.8, 4) is 5.75 Å². The number of nitrogens with zero attached hydrogens (tertiary/aromatic N) is 1. The summed E-state index contributed by atoms with van der Waals surface area (Å²) >= 11 is 0. The van der Waals surface area contributed by atoms with Gasteiger partial charge in [0.05, 0.1) is 39.0 Å². The SMILES string of the molecule is COC(=O)CN1C[C@H](OC)[C@@H](Nc2ccc(OC)cc2)[C@H](O[Si](C)(C)C(C)(C)C)C1. The number of nitrogens with one attached hydrogen (secondary N) is 1. The summed E-state index contributed by atoms with van der Waals surface area (Å²) in [5.74, 6) is 0.559. The van der Waals surface area contributed by atoms with Crippen molar-refractivity contribution >= 4 is 20.0 Å². The maximum Gasteiger partial charge on any atom is 0.319 e. The zero-order valence-corrected chi connectivity index (χ0v) is 20.7. The molecule has 8 heteroatoms. The van der Waals surface area contributed by atoms with E-state index in [1.54, 1.807) is 14.2 Å². The molecule has 0 amide bonds. The third-order valence-corrected chi connectivity index (χ3v) is 10.7. The van der Waals surface area contributed by atoms with E-state index in [9.17, 15) is 4.79 Å². The van der Waals surface area contributed by atoms with E-state index in [4.69, 9.17) is 18.6 Å². The Bertz CT molecular complexity index is 690. The summed E-state index contributed by atoms with van der Waals surface area (Å²) in [7, 11) is 2.73. The molecule has 1 aliphatic rings. The van der Waals surface area contributed by atoms with Crippen molar-refractivity contribution in [3.05, 3.63) is 24.3 Å². The summed E-state index contributed by atoms with van der Waals surface area (Å²) < 4.78 is 22.8. The van der Waals surface area contributed by atoms with E-state index in [0.29, 0.717) is 13.1 Å². The quantitative estimate of drug-likeness (QED) is 0.493. The van der Waals surface area contributed by atoms with Crippen LogP contribution in [0.3, 0.4) is 0 Å². The Labute approximate surface area is 182 Å². The van der Waals surface area contributed by atoms with Gasteiger partial charge in [-0.05, 0) is 42.4 Å². The number of hydrogen-bond acceptors (Lipinski definition) is 7. The molecule has 1 saturated heterocycles. The molecule has 30 heavy (non-hydrogen) atoms. The first-order valence-corrected chi connectivity index (χ1v) is 13.3. The fourth-order valence-corrected chi connectivity index (χ4v) is 4.71. The molecule has 1 aromatic carbocycles. The number of hydrogen-bond donors (Lipinski definition) is 1. The summed E-state index contributed by atoms with van der Waals surface area (Å²) in [6.45, 7) is 12.7. The monoisotopic (exact) mass is 438 g/mol. The molecule has 2 rings (SSSR count). The van der Waals surface area contributed by atoms with Crippen LogP contribution in [0.4, 0.5) is 5.69 Å². The fourth-order valence-electron chi connectivity index (χ4n) is 3.38. The topological polar surface area (TPSA) is 69.3 Å². The number of anilines is 1. The van der Waals surface area contributed by atoms with Gasteiger partial charge < -0.3 is 24.0 Å². The number of rotatable bonds is 8. The number of methoxy groups -OCH3 is 3. The van der Waals surface area contributed by atoms with Gasteiger partial charge in [0.15, 0.2) is 8.32 Å². The lowest BCUT2D eigenvalue weighted by Gasteiger charge is -2.48. The lowest BCUT2D eigenvalue weighted by molar-refractivity contribution is -0.143. The maximum absolute atomic E-state index is 11.9. The van der Waals surface area contributed by atoms with Gasteiger partial charge in [0, 0.05) is 25.9 Å². The molecule has 1 N–H and O–H groups in total. The average Bonchev–Trinajstić information content (AvgIpc) is 2.68. The van der Waals surface area contributed by atoms with Crippen molar-refractivity contribution in [3.63, 3.8) is 0 Å². The van der Waals surface area contributed by atoms with Crippen LogP contribution < -0.4 is 10.1 Å². The lowest BCUT2D eigenvalue weighted by atomic mass is 9.98. The van der Waals surface area contributed by atoms with Crippen LogP contribution in [0.2, 0.25) is 18.1 Å². The van der Waals surface area contributed by atoms with Crippen molar-refractivity contribution in [2.45, 2.75) is 57.2 Å². The van der Waals surface area contributed by atoms with Gasteiger partial charge in [0.25, 0.3) is 0 Å². The number of carbonyl (C=O) groups excluding carboxylic acids is 1. The summed E-state index contributed by atoms with van der Waals surface area (Å²) in [5.41, 5.74) is 0.980. The molecule has 0 bridgehead atoms. The van der Waals surface area contributed by atoms with Crippen LogP contribution >= 0.6 is 0 Å². The Morgan fingerprint density at radius 3 is 2.20 bits per heavy atom. The van der Waals surface area contributed by atoms with Crippen LogP contribution in [0, 0.1) is 0 Å². The Morgan fingerprint density at radius 1 is 1.10 bits per heavy atom. The van der Waals surface area contributed by atoms with E-state index in [2.05, 4.69) is 44.1 Å². The van der Waals surface area contributed by atoms with Crippen molar-refractivity contribution in [2.24, 2.45) is 0 Å². The highest BCUT2D eigenvalue weighted by Crippen LogP contribution is 2.38. The number of ether oxygens (including phenoxy) is 3. The Balaban J connectivity index is 2.29. The molecule has 1 aliphatic heterocycles. The number of esters is 1. The minimum atomic E-state index is -2.04. The summed E-state index contributed by atoms with van der Waals surface area (Å²) in [6, 6.07) is 7.80. The van der Waals surface area contributed by atoms with E-state index < -0.39 is 8.32 Å². The third kappa shape index (κ3) is 6.20. The summed E-state index contributed by atoms with van der Waals surface area (Å²) in [4.78, 5) is 14.0. The van der Waals surface area contributed by atoms with Gasteiger partial charge in [-0.2, -0.15) is 0 Å². The predicted molar refractivity (Wildman–Crippen MR) is 122 cm³/mol. The second-order valence-corrected chi connectivity index (χ2v) is 14.1. The molecule has 0 aliphatic carbocycles. The molecule has 1 fully saturated rings. The fraction of sp³-hybridized carbons (Fsp3) is 0.682. The Kier molecular flexibility index (Phi) is 8.32. The predicted octanol–water partition coefficient (Wildman–Crippen LogP) is 3.37. The molecule has 0 saturated carbocycles. The van der Waals surface area contributed by atoms with Gasteiger partial charge >= 0.3 is 5.97 Å². The van der Waals surface area contributed by atoms with E-state index >= 15 is 0 Å². The summed E-state index contributed by atoms with van der Waals surface area (Å²) in [5, 5.41) is 3.69. The first kappa shape index (κ1) is 24.7. The van der Waals surface area contributed by atoms with E-state index in [0.717, 1.165) is 11.4 Å². The van der Waals surface area contributed by atoms with Crippen molar-refractivity contribution in [2.75, 3.05) is 46.3 Å². The van der Waals surface area contributed by atoms with Crippen LogP contribution in [0.25, 0.3) is 0 Å². The Morgan fingerprint density at radius 2 is 1.70 bits per heavy atom. The molecule has 0 aromatic heterocycles. The smallest absolute Gasteiger partial charge is 0.319 e. The van der Waals surface area contributed by atoms with Crippen LogP contribution in [-0.2, 0) is 18.7 Å². The highest BCUT2D eigenvalue weighted by molar-refractivity contribution is 6.74.